The van der Waals surface area contributed by atoms with Crippen molar-refractivity contribution in [2.45, 2.75) is 12.7 Å². The molecular formula is C20H18F3N3OS2. The zero-order valence-electron chi connectivity index (χ0n) is 15.4. The number of hydrogen-bond donors (Lipinski definition) is 0. The van der Waals surface area contributed by atoms with E-state index in [2.05, 4.69) is 15.3 Å². The van der Waals surface area contributed by atoms with E-state index in [1.807, 2.05) is 17.5 Å². The number of thiophene rings is 1. The number of piperazine rings is 1. The molecule has 3 aromatic rings. The Labute approximate surface area is 174 Å². The number of thiazole rings is 1. The molecule has 4 rings (SSSR count). The second kappa shape index (κ2) is 8.25. The first-order chi connectivity index (χ1) is 13.9. The molecule has 29 heavy (non-hydrogen) atoms. The lowest BCUT2D eigenvalue weighted by Gasteiger charge is -2.34. The van der Waals surface area contributed by atoms with Crippen molar-refractivity contribution in [2.24, 2.45) is 0 Å². The molecule has 9 heteroatoms. The largest absolute Gasteiger partial charge is 0.416 e. The van der Waals surface area contributed by atoms with Gasteiger partial charge in [0, 0.05) is 37.1 Å². The van der Waals surface area contributed by atoms with Gasteiger partial charge in [0.15, 0.2) is 0 Å². The SMILES string of the molecule is O=C(c1cccc(C(F)(F)F)c1)N1CCN(Cc2nc(-c3cccs3)cs2)CC1. The maximum atomic E-state index is 12.9. The van der Waals surface area contributed by atoms with Crippen LogP contribution in [-0.4, -0.2) is 46.9 Å². The molecule has 3 heterocycles. The maximum absolute atomic E-state index is 12.9. The van der Waals surface area contributed by atoms with Gasteiger partial charge in [0.05, 0.1) is 22.7 Å². The van der Waals surface area contributed by atoms with E-state index in [-0.39, 0.29) is 11.5 Å². The van der Waals surface area contributed by atoms with E-state index in [0.29, 0.717) is 32.7 Å². The van der Waals surface area contributed by atoms with Crippen molar-refractivity contribution in [1.82, 2.24) is 14.8 Å². The van der Waals surface area contributed by atoms with E-state index >= 15 is 0 Å². The summed E-state index contributed by atoms with van der Waals surface area (Å²) in [5, 5.41) is 5.09. The van der Waals surface area contributed by atoms with E-state index in [1.165, 1.54) is 12.1 Å². The van der Waals surface area contributed by atoms with Crippen molar-refractivity contribution in [2.75, 3.05) is 26.2 Å². The number of hydrogen-bond acceptors (Lipinski definition) is 5. The molecule has 1 amide bonds. The van der Waals surface area contributed by atoms with Crippen LogP contribution < -0.4 is 0 Å². The molecule has 0 unspecified atom stereocenters. The van der Waals surface area contributed by atoms with Gasteiger partial charge in [-0.3, -0.25) is 9.69 Å². The number of benzene rings is 1. The second-order valence-electron chi connectivity index (χ2n) is 6.75. The Kier molecular flexibility index (Phi) is 5.71. The summed E-state index contributed by atoms with van der Waals surface area (Å²) in [5.74, 6) is -0.356. The summed E-state index contributed by atoms with van der Waals surface area (Å²) in [6.07, 6.45) is -4.45. The predicted molar refractivity (Wildman–Crippen MR) is 108 cm³/mol. The number of rotatable bonds is 4. The average molecular weight is 438 g/mol. The van der Waals surface area contributed by atoms with Crippen LogP contribution in [0.5, 0.6) is 0 Å². The van der Waals surface area contributed by atoms with E-state index < -0.39 is 11.7 Å². The fourth-order valence-corrected chi connectivity index (χ4v) is 4.83. The highest BCUT2D eigenvalue weighted by atomic mass is 32.1. The minimum atomic E-state index is -4.45. The van der Waals surface area contributed by atoms with Gasteiger partial charge in [-0.25, -0.2) is 4.98 Å². The standard InChI is InChI=1S/C20H18F3N3OS2/c21-20(22,23)15-4-1-3-14(11-15)19(27)26-8-6-25(7-9-26)12-18-24-16(13-29-18)17-5-2-10-28-17/h1-5,10-11,13H,6-9,12H2. The molecule has 4 nitrogen and oxygen atoms in total. The molecule has 0 saturated carbocycles. The van der Waals surface area contributed by atoms with Gasteiger partial charge in [-0.05, 0) is 29.6 Å². The number of nitrogens with zero attached hydrogens (tertiary/aromatic N) is 3. The van der Waals surface area contributed by atoms with Crippen LogP contribution in [0.25, 0.3) is 10.6 Å². The van der Waals surface area contributed by atoms with Gasteiger partial charge >= 0.3 is 6.18 Å². The van der Waals surface area contributed by atoms with Crippen LogP contribution in [0.2, 0.25) is 0 Å². The van der Waals surface area contributed by atoms with Gasteiger partial charge in [0.25, 0.3) is 5.91 Å². The molecule has 0 N–H and O–H groups in total. The molecule has 1 aliphatic heterocycles. The summed E-state index contributed by atoms with van der Waals surface area (Å²) in [6.45, 7) is 3.01. The minimum Gasteiger partial charge on any atom is -0.336 e. The van der Waals surface area contributed by atoms with E-state index in [9.17, 15) is 18.0 Å². The molecule has 0 spiro atoms. The third kappa shape index (κ3) is 4.68. The first kappa shape index (κ1) is 20.1. The molecule has 0 atom stereocenters. The van der Waals surface area contributed by atoms with Gasteiger partial charge in [-0.1, -0.05) is 12.1 Å². The maximum Gasteiger partial charge on any atom is 0.416 e. The predicted octanol–water partition coefficient (Wildman–Crippen LogP) is 4.85. The molecule has 1 aliphatic rings. The molecule has 2 aromatic heterocycles. The van der Waals surface area contributed by atoms with E-state index in [1.54, 1.807) is 27.6 Å². The number of carbonyl (C=O) groups is 1. The molecule has 1 aromatic carbocycles. The first-order valence-corrected chi connectivity index (χ1v) is 10.8. The van der Waals surface area contributed by atoms with Crippen LogP contribution >= 0.6 is 22.7 Å². The van der Waals surface area contributed by atoms with Gasteiger partial charge in [-0.15, -0.1) is 22.7 Å². The van der Waals surface area contributed by atoms with Gasteiger partial charge < -0.3 is 4.90 Å². The highest BCUT2D eigenvalue weighted by Gasteiger charge is 2.31. The lowest BCUT2D eigenvalue weighted by Crippen LogP contribution is -2.48. The van der Waals surface area contributed by atoms with Gasteiger partial charge in [0.2, 0.25) is 0 Å². The fourth-order valence-electron chi connectivity index (χ4n) is 3.23. The summed E-state index contributed by atoms with van der Waals surface area (Å²) >= 11 is 3.27. The molecule has 0 bridgehead atoms. The molecule has 152 valence electrons. The Bertz CT molecular complexity index is 977. The van der Waals surface area contributed by atoms with Crippen molar-refractivity contribution in [3.8, 4) is 10.6 Å². The molecule has 1 fully saturated rings. The third-order valence-corrected chi connectivity index (χ3v) is 6.51. The zero-order valence-corrected chi connectivity index (χ0v) is 17.0. The van der Waals surface area contributed by atoms with Crippen molar-refractivity contribution >= 4 is 28.6 Å². The van der Waals surface area contributed by atoms with Crippen LogP contribution in [0.4, 0.5) is 13.2 Å². The molecule has 0 radical (unpaired) electrons. The summed E-state index contributed by atoms with van der Waals surface area (Å²) in [6, 6.07) is 8.66. The smallest absolute Gasteiger partial charge is 0.336 e. The number of halogens is 3. The molecular weight excluding hydrogens is 419 g/mol. The van der Waals surface area contributed by atoms with Crippen LogP contribution in [0, 0.1) is 0 Å². The van der Waals surface area contributed by atoms with Crippen molar-refractivity contribution in [3.63, 3.8) is 0 Å². The fraction of sp³-hybridized carbons (Fsp3) is 0.300. The summed E-state index contributed by atoms with van der Waals surface area (Å²) in [7, 11) is 0. The second-order valence-corrected chi connectivity index (χ2v) is 8.64. The molecule has 1 saturated heterocycles. The normalized spacial score (nSPS) is 15.6. The number of alkyl halides is 3. The van der Waals surface area contributed by atoms with Crippen LogP contribution in [0.1, 0.15) is 20.9 Å². The van der Waals surface area contributed by atoms with Gasteiger partial charge in [-0.2, -0.15) is 13.2 Å². The topological polar surface area (TPSA) is 36.4 Å². The van der Waals surface area contributed by atoms with Crippen LogP contribution in [-0.2, 0) is 12.7 Å². The number of amides is 1. The zero-order chi connectivity index (χ0) is 20.4. The van der Waals surface area contributed by atoms with Crippen LogP contribution in [0.15, 0.2) is 47.2 Å². The number of carbonyl (C=O) groups excluding carboxylic acids is 1. The lowest BCUT2D eigenvalue weighted by molar-refractivity contribution is -0.137. The Morgan fingerprint density at radius 2 is 1.86 bits per heavy atom. The van der Waals surface area contributed by atoms with Crippen molar-refractivity contribution in [1.29, 1.82) is 0 Å². The lowest BCUT2D eigenvalue weighted by atomic mass is 10.1. The number of aromatic nitrogens is 1. The van der Waals surface area contributed by atoms with Crippen molar-refractivity contribution in [3.05, 3.63) is 63.3 Å². The van der Waals surface area contributed by atoms with E-state index in [4.69, 9.17) is 0 Å². The Morgan fingerprint density at radius 3 is 2.55 bits per heavy atom. The minimum absolute atomic E-state index is 0.0776. The van der Waals surface area contributed by atoms with E-state index in [0.717, 1.165) is 27.7 Å². The van der Waals surface area contributed by atoms with Gasteiger partial charge in [0.1, 0.15) is 5.01 Å². The third-order valence-electron chi connectivity index (χ3n) is 4.78. The Balaban J connectivity index is 1.34. The monoisotopic (exact) mass is 437 g/mol. The highest BCUT2D eigenvalue weighted by molar-refractivity contribution is 7.14. The molecule has 0 aliphatic carbocycles. The first-order valence-electron chi connectivity index (χ1n) is 9.07. The quantitative estimate of drug-likeness (QED) is 0.586. The Morgan fingerprint density at radius 1 is 1.07 bits per heavy atom. The highest BCUT2D eigenvalue weighted by Crippen LogP contribution is 2.30. The Hall–Kier alpha value is -2.23. The average Bonchev–Trinajstić information content (AvgIpc) is 3.39. The summed E-state index contributed by atoms with van der Waals surface area (Å²) in [5.41, 5.74) is 0.263. The summed E-state index contributed by atoms with van der Waals surface area (Å²) in [4.78, 5) is 22.3. The van der Waals surface area contributed by atoms with Crippen LogP contribution in [0.3, 0.4) is 0 Å². The van der Waals surface area contributed by atoms with Crippen molar-refractivity contribution < 1.29 is 18.0 Å². The summed E-state index contributed by atoms with van der Waals surface area (Å²) < 4.78 is 38.7.